The lowest BCUT2D eigenvalue weighted by Crippen LogP contribution is -2.41. The molecule has 0 saturated carbocycles. The minimum Gasteiger partial charge on any atom is -0.458 e. The first-order chi connectivity index (χ1) is 18.7. The SMILES string of the molecule is C=CCOC(=O)/C(C)=C/[C@@H](CSC(c1ccccc1)(c1ccccc1)c1ccccc1)NC(=O)OC(C)(C)C. The number of benzene rings is 3. The lowest BCUT2D eigenvalue weighted by atomic mass is 9.84. The van der Waals surface area contributed by atoms with Gasteiger partial charge in [0, 0.05) is 11.3 Å². The van der Waals surface area contributed by atoms with Crippen LogP contribution < -0.4 is 5.32 Å². The molecule has 3 aromatic rings. The monoisotopic (exact) mass is 543 g/mol. The van der Waals surface area contributed by atoms with E-state index in [1.807, 2.05) is 75.4 Å². The van der Waals surface area contributed by atoms with Crippen molar-refractivity contribution in [3.63, 3.8) is 0 Å². The molecular formula is C33H37NO4S. The number of hydrogen-bond acceptors (Lipinski definition) is 5. The number of nitrogens with one attached hydrogen (secondary N) is 1. The lowest BCUT2D eigenvalue weighted by molar-refractivity contribution is -0.137. The molecule has 3 rings (SSSR count). The van der Waals surface area contributed by atoms with Crippen LogP contribution in [0.1, 0.15) is 44.4 Å². The van der Waals surface area contributed by atoms with Gasteiger partial charge in [-0.3, -0.25) is 0 Å². The van der Waals surface area contributed by atoms with Crippen molar-refractivity contribution in [3.05, 3.63) is 132 Å². The smallest absolute Gasteiger partial charge is 0.408 e. The van der Waals surface area contributed by atoms with Crippen LogP contribution in [0.25, 0.3) is 0 Å². The summed E-state index contributed by atoms with van der Waals surface area (Å²) in [5, 5.41) is 2.96. The number of rotatable bonds is 11. The molecule has 6 heteroatoms. The lowest BCUT2D eigenvalue weighted by Gasteiger charge is -2.36. The van der Waals surface area contributed by atoms with Gasteiger partial charge in [-0.1, -0.05) is 110 Å². The molecule has 1 N–H and O–H groups in total. The Balaban J connectivity index is 2.06. The summed E-state index contributed by atoms with van der Waals surface area (Å²) >= 11 is 1.68. The van der Waals surface area contributed by atoms with Crippen LogP contribution >= 0.6 is 11.8 Å². The van der Waals surface area contributed by atoms with Gasteiger partial charge in [-0.05, 0) is 44.4 Å². The molecule has 1 atom stereocenters. The molecule has 39 heavy (non-hydrogen) atoms. The zero-order valence-corrected chi connectivity index (χ0v) is 23.9. The number of amides is 1. The minimum atomic E-state index is -0.661. The molecule has 3 aromatic carbocycles. The predicted molar refractivity (Wildman–Crippen MR) is 160 cm³/mol. The second-order valence-corrected chi connectivity index (χ2v) is 11.3. The Bertz CT molecular complexity index is 1150. The van der Waals surface area contributed by atoms with Crippen LogP contribution in [0.3, 0.4) is 0 Å². The van der Waals surface area contributed by atoms with Crippen LogP contribution in [0.15, 0.2) is 115 Å². The summed E-state index contributed by atoms with van der Waals surface area (Å²) in [5.41, 5.74) is 3.05. The van der Waals surface area contributed by atoms with Gasteiger partial charge < -0.3 is 14.8 Å². The van der Waals surface area contributed by atoms with Crippen molar-refractivity contribution >= 4 is 23.8 Å². The van der Waals surface area contributed by atoms with Gasteiger partial charge in [0.25, 0.3) is 0 Å². The summed E-state index contributed by atoms with van der Waals surface area (Å²) in [6.45, 7) is 10.8. The first-order valence-electron chi connectivity index (χ1n) is 12.9. The molecule has 0 heterocycles. The standard InChI is InChI=1S/C33H37NO4S/c1-6-22-37-30(35)25(2)23-29(34-31(36)38-32(3,4)5)24-39-33(26-16-10-7-11-17-26,27-18-12-8-13-19-27)28-20-14-9-15-21-28/h6-21,23,29H,1,22,24H2,2-5H3,(H,34,36)/b25-23+/t29-/m0/s1. The van der Waals surface area contributed by atoms with E-state index in [0.29, 0.717) is 11.3 Å². The summed E-state index contributed by atoms with van der Waals surface area (Å²) in [6, 6.07) is 30.4. The van der Waals surface area contributed by atoms with Gasteiger partial charge in [0.15, 0.2) is 0 Å². The number of hydrogen-bond donors (Lipinski definition) is 1. The van der Waals surface area contributed by atoms with Crippen LogP contribution in [-0.4, -0.2) is 36.1 Å². The highest BCUT2D eigenvalue weighted by molar-refractivity contribution is 8.00. The van der Waals surface area contributed by atoms with E-state index in [0.717, 1.165) is 16.7 Å². The number of carbonyl (C=O) groups excluding carboxylic acids is 2. The zero-order chi connectivity index (χ0) is 28.3. The molecule has 0 fully saturated rings. The molecule has 0 aromatic heterocycles. The summed E-state index contributed by atoms with van der Waals surface area (Å²) < 4.78 is 10.2. The molecule has 0 bridgehead atoms. The molecule has 0 unspecified atom stereocenters. The Hall–Kier alpha value is -3.77. The first-order valence-corrected chi connectivity index (χ1v) is 13.9. The van der Waals surface area contributed by atoms with Crippen molar-refractivity contribution in [2.45, 2.75) is 44.1 Å². The highest BCUT2D eigenvalue weighted by Gasteiger charge is 2.37. The van der Waals surface area contributed by atoms with E-state index in [-0.39, 0.29) is 6.61 Å². The number of ether oxygens (including phenoxy) is 2. The maximum Gasteiger partial charge on any atom is 0.408 e. The average Bonchev–Trinajstić information content (AvgIpc) is 2.92. The molecule has 0 spiro atoms. The third kappa shape index (κ3) is 8.36. The van der Waals surface area contributed by atoms with E-state index in [2.05, 4.69) is 48.3 Å². The van der Waals surface area contributed by atoms with E-state index >= 15 is 0 Å². The zero-order valence-electron chi connectivity index (χ0n) is 23.1. The largest absolute Gasteiger partial charge is 0.458 e. The van der Waals surface area contributed by atoms with Gasteiger partial charge in [-0.25, -0.2) is 9.59 Å². The molecule has 5 nitrogen and oxygen atoms in total. The third-order valence-corrected chi connectivity index (χ3v) is 7.49. The maximum atomic E-state index is 12.8. The van der Waals surface area contributed by atoms with Crippen molar-refractivity contribution in [1.29, 1.82) is 0 Å². The van der Waals surface area contributed by atoms with E-state index in [1.165, 1.54) is 6.08 Å². The van der Waals surface area contributed by atoms with Crippen LogP contribution in [0.5, 0.6) is 0 Å². The summed E-state index contributed by atoms with van der Waals surface area (Å²) in [6.07, 6.45) is 2.70. The number of esters is 1. The van der Waals surface area contributed by atoms with Crippen LogP contribution in [0.4, 0.5) is 4.79 Å². The highest BCUT2D eigenvalue weighted by Crippen LogP contribution is 2.48. The van der Waals surface area contributed by atoms with Gasteiger partial charge in [-0.2, -0.15) is 0 Å². The number of alkyl carbamates (subject to hydrolysis) is 1. The van der Waals surface area contributed by atoms with E-state index in [9.17, 15) is 9.59 Å². The maximum absolute atomic E-state index is 12.8. The fourth-order valence-corrected chi connectivity index (χ4v) is 5.71. The predicted octanol–water partition coefficient (Wildman–Crippen LogP) is 7.28. The van der Waals surface area contributed by atoms with Crippen molar-refractivity contribution in [2.24, 2.45) is 0 Å². The first kappa shape index (κ1) is 29.8. The molecule has 0 saturated heterocycles. The Kier molecular flexibility index (Phi) is 10.6. The van der Waals surface area contributed by atoms with Crippen LogP contribution in [-0.2, 0) is 19.0 Å². The third-order valence-electron chi connectivity index (χ3n) is 5.83. The normalized spacial score (nSPS) is 12.8. The summed E-state index contributed by atoms with van der Waals surface area (Å²) in [5.74, 6) is -0.0133. The van der Waals surface area contributed by atoms with Gasteiger partial charge in [0.2, 0.25) is 0 Å². The van der Waals surface area contributed by atoms with Crippen LogP contribution in [0.2, 0.25) is 0 Å². The minimum absolute atomic E-state index is 0.113. The second kappa shape index (κ2) is 13.9. The van der Waals surface area contributed by atoms with Crippen molar-refractivity contribution in [2.75, 3.05) is 12.4 Å². The fourth-order valence-electron chi connectivity index (χ4n) is 4.19. The molecule has 0 radical (unpaired) electrons. The molecule has 0 aliphatic carbocycles. The molecule has 204 valence electrons. The average molecular weight is 544 g/mol. The van der Waals surface area contributed by atoms with Gasteiger partial charge in [0.1, 0.15) is 12.2 Å². The Labute approximate surface area is 236 Å². The molecular weight excluding hydrogens is 506 g/mol. The summed E-state index contributed by atoms with van der Waals surface area (Å²) in [7, 11) is 0. The van der Waals surface area contributed by atoms with E-state index in [1.54, 1.807) is 24.8 Å². The van der Waals surface area contributed by atoms with Gasteiger partial charge in [-0.15, -0.1) is 11.8 Å². The highest BCUT2D eigenvalue weighted by atomic mass is 32.2. The molecule has 0 aliphatic heterocycles. The van der Waals surface area contributed by atoms with Crippen molar-refractivity contribution in [3.8, 4) is 0 Å². The topological polar surface area (TPSA) is 64.6 Å². The Morgan fingerprint density at radius 2 is 1.33 bits per heavy atom. The van der Waals surface area contributed by atoms with Gasteiger partial charge >= 0.3 is 12.1 Å². The summed E-state index contributed by atoms with van der Waals surface area (Å²) in [4.78, 5) is 25.4. The molecule has 1 amide bonds. The second-order valence-electron chi connectivity index (χ2n) is 10.1. The number of carbonyl (C=O) groups is 2. The van der Waals surface area contributed by atoms with Crippen molar-refractivity contribution in [1.82, 2.24) is 5.32 Å². The molecule has 0 aliphatic rings. The quantitative estimate of drug-likeness (QED) is 0.119. The van der Waals surface area contributed by atoms with E-state index in [4.69, 9.17) is 9.47 Å². The Morgan fingerprint density at radius 1 is 0.872 bits per heavy atom. The van der Waals surface area contributed by atoms with Crippen molar-refractivity contribution < 1.29 is 19.1 Å². The van der Waals surface area contributed by atoms with E-state index < -0.39 is 28.5 Å². The van der Waals surface area contributed by atoms with Gasteiger partial charge in [0.05, 0.1) is 10.8 Å². The number of thioether (sulfide) groups is 1. The Morgan fingerprint density at radius 3 is 1.74 bits per heavy atom. The fraction of sp³-hybridized carbons (Fsp3) is 0.273. The van der Waals surface area contributed by atoms with Crippen LogP contribution in [0, 0.1) is 0 Å².